The quantitative estimate of drug-likeness (QED) is 0.884. The van der Waals surface area contributed by atoms with Crippen molar-refractivity contribution in [2.45, 2.75) is 45.3 Å². The number of ether oxygens (including phenoxy) is 2. The maximum absolute atomic E-state index is 5.94. The van der Waals surface area contributed by atoms with E-state index in [0.29, 0.717) is 6.61 Å². The van der Waals surface area contributed by atoms with E-state index >= 15 is 0 Å². The fraction of sp³-hybridized carbons (Fsp3) is 0.625. The Morgan fingerprint density at radius 3 is 2.89 bits per heavy atom. The second-order valence-corrected chi connectivity index (χ2v) is 5.15. The number of hydrogen-bond acceptors (Lipinski definition) is 3. The molecule has 3 heteroatoms. The van der Waals surface area contributed by atoms with Crippen LogP contribution in [0.15, 0.2) is 18.2 Å². The molecule has 1 aromatic rings. The van der Waals surface area contributed by atoms with Crippen LogP contribution in [0.3, 0.4) is 0 Å². The van der Waals surface area contributed by atoms with Crippen LogP contribution >= 0.6 is 0 Å². The summed E-state index contributed by atoms with van der Waals surface area (Å²) in [6.45, 7) is 5.71. The lowest BCUT2D eigenvalue weighted by Crippen LogP contribution is -2.34. The molecule has 1 aliphatic rings. The standard InChI is InChI=1S/C16H25NO2/c1-4-18-14-9-8-12(2)11-13(14)16(17-3)15-7-5-6-10-19-15/h8-9,11,15-17H,4-7,10H2,1-3H3. The van der Waals surface area contributed by atoms with E-state index in [0.717, 1.165) is 18.8 Å². The molecule has 2 rings (SSSR count). The first-order valence-corrected chi connectivity index (χ1v) is 7.28. The van der Waals surface area contributed by atoms with Gasteiger partial charge in [-0.15, -0.1) is 0 Å². The number of rotatable bonds is 5. The van der Waals surface area contributed by atoms with Gasteiger partial charge in [-0.1, -0.05) is 17.7 Å². The Balaban J connectivity index is 2.27. The van der Waals surface area contributed by atoms with E-state index in [4.69, 9.17) is 9.47 Å². The second-order valence-electron chi connectivity index (χ2n) is 5.15. The lowest BCUT2D eigenvalue weighted by Gasteiger charge is -2.31. The van der Waals surface area contributed by atoms with Crippen molar-refractivity contribution >= 4 is 0 Å². The third-order valence-corrected chi connectivity index (χ3v) is 3.70. The van der Waals surface area contributed by atoms with Crippen LogP contribution in [0.25, 0.3) is 0 Å². The Kier molecular flexibility index (Phi) is 5.23. The molecule has 0 aliphatic carbocycles. The average molecular weight is 263 g/mol. The molecule has 1 heterocycles. The zero-order valence-corrected chi connectivity index (χ0v) is 12.2. The van der Waals surface area contributed by atoms with E-state index in [1.54, 1.807) is 0 Å². The second kappa shape index (κ2) is 6.92. The Labute approximate surface area is 116 Å². The highest BCUT2D eigenvalue weighted by molar-refractivity contribution is 5.39. The van der Waals surface area contributed by atoms with Crippen LogP contribution in [-0.2, 0) is 4.74 Å². The van der Waals surface area contributed by atoms with Gasteiger partial charge >= 0.3 is 0 Å². The van der Waals surface area contributed by atoms with Crippen molar-refractivity contribution in [3.63, 3.8) is 0 Å². The lowest BCUT2D eigenvalue weighted by molar-refractivity contribution is -0.00714. The van der Waals surface area contributed by atoms with Gasteiger partial charge in [0.25, 0.3) is 0 Å². The maximum Gasteiger partial charge on any atom is 0.124 e. The largest absolute Gasteiger partial charge is 0.494 e. The van der Waals surface area contributed by atoms with Gasteiger partial charge in [0, 0.05) is 12.2 Å². The van der Waals surface area contributed by atoms with Crippen LogP contribution in [0.5, 0.6) is 5.75 Å². The molecule has 1 saturated heterocycles. The molecule has 0 aromatic heterocycles. The number of likely N-dealkylation sites (N-methyl/N-ethyl adjacent to an activating group) is 1. The Hall–Kier alpha value is -1.06. The molecule has 1 aliphatic heterocycles. The van der Waals surface area contributed by atoms with Crippen molar-refractivity contribution in [1.29, 1.82) is 0 Å². The van der Waals surface area contributed by atoms with E-state index in [1.807, 2.05) is 14.0 Å². The number of hydrogen-bond donors (Lipinski definition) is 1. The maximum atomic E-state index is 5.94. The number of benzene rings is 1. The molecule has 0 radical (unpaired) electrons. The molecule has 2 unspecified atom stereocenters. The summed E-state index contributed by atoms with van der Waals surface area (Å²) in [5.74, 6) is 0.974. The van der Waals surface area contributed by atoms with Crippen molar-refractivity contribution in [1.82, 2.24) is 5.32 Å². The molecule has 2 atom stereocenters. The van der Waals surface area contributed by atoms with Crippen molar-refractivity contribution in [3.8, 4) is 5.75 Å². The minimum Gasteiger partial charge on any atom is -0.494 e. The minimum absolute atomic E-state index is 0.210. The molecular formula is C16H25NO2. The van der Waals surface area contributed by atoms with Crippen LogP contribution in [0.1, 0.15) is 43.4 Å². The molecule has 1 aromatic carbocycles. The van der Waals surface area contributed by atoms with Crippen molar-refractivity contribution in [2.75, 3.05) is 20.3 Å². The number of nitrogens with one attached hydrogen (secondary N) is 1. The molecule has 3 nitrogen and oxygen atoms in total. The minimum atomic E-state index is 0.210. The SMILES string of the molecule is CCOc1ccc(C)cc1C(NC)C1CCCCO1. The van der Waals surface area contributed by atoms with Gasteiger partial charge in [0.2, 0.25) is 0 Å². The summed E-state index contributed by atoms with van der Waals surface area (Å²) in [4.78, 5) is 0. The van der Waals surface area contributed by atoms with Gasteiger partial charge in [-0.25, -0.2) is 0 Å². The summed E-state index contributed by atoms with van der Waals surface area (Å²) in [5.41, 5.74) is 2.48. The van der Waals surface area contributed by atoms with Crippen LogP contribution in [-0.4, -0.2) is 26.4 Å². The third kappa shape index (κ3) is 3.48. The van der Waals surface area contributed by atoms with Crippen LogP contribution in [0.4, 0.5) is 0 Å². The smallest absolute Gasteiger partial charge is 0.124 e. The summed E-state index contributed by atoms with van der Waals surface area (Å²) in [5, 5.41) is 3.41. The van der Waals surface area contributed by atoms with Gasteiger partial charge in [-0.05, 0) is 46.2 Å². The third-order valence-electron chi connectivity index (χ3n) is 3.70. The molecule has 0 saturated carbocycles. The van der Waals surface area contributed by atoms with E-state index < -0.39 is 0 Å². The molecule has 1 N–H and O–H groups in total. The first-order valence-electron chi connectivity index (χ1n) is 7.28. The zero-order chi connectivity index (χ0) is 13.7. The van der Waals surface area contributed by atoms with E-state index in [-0.39, 0.29) is 12.1 Å². The highest BCUT2D eigenvalue weighted by Crippen LogP contribution is 2.32. The van der Waals surface area contributed by atoms with Crippen LogP contribution in [0.2, 0.25) is 0 Å². The highest BCUT2D eigenvalue weighted by Gasteiger charge is 2.27. The summed E-state index contributed by atoms with van der Waals surface area (Å²) in [7, 11) is 2.00. The van der Waals surface area contributed by atoms with Crippen molar-refractivity contribution < 1.29 is 9.47 Å². The Morgan fingerprint density at radius 2 is 2.26 bits per heavy atom. The van der Waals surface area contributed by atoms with E-state index in [2.05, 4.69) is 30.4 Å². The molecule has 0 amide bonds. The first kappa shape index (κ1) is 14.4. The number of aryl methyl sites for hydroxylation is 1. The molecule has 0 bridgehead atoms. The summed E-state index contributed by atoms with van der Waals surface area (Å²) in [6.07, 6.45) is 3.79. The van der Waals surface area contributed by atoms with Crippen LogP contribution < -0.4 is 10.1 Å². The molecule has 0 spiro atoms. The zero-order valence-electron chi connectivity index (χ0n) is 12.2. The van der Waals surface area contributed by atoms with E-state index in [9.17, 15) is 0 Å². The van der Waals surface area contributed by atoms with Crippen molar-refractivity contribution in [3.05, 3.63) is 29.3 Å². The van der Waals surface area contributed by atoms with Gasteiger partial charge < -0.3 is 14.8 Å². The molecule has 1 fully saturated rings. The van der Waals surface area contributed by atoms with E-state index in [1.165, 1.54) is 24.0 Å². The lowest BCUT2D eigenvalue weighted by atomic mass is 9.94. The fourth-order valence-corrected chi connectivity index (χ4v) is 2.77. The highest BCUT2D eigenvalue weighted by atomic mass is 16.5. The predicted molar refractivity (Wildman–Crippen MR) is 77.7 cm³/mol. The molecular weight excluding hydrogens is 238 g/mol. The normalized spacial score (nSPS) is 21.1. The van der Waals surface area contributed by atoms with Gasteiger partial charge in [-0.3, -0.25) is 0 Å². The Bertz CT molecular complexity index is 400. The summed E-state index contributed by atoms with van der Waals surface area (Å²) in [6, 6.07) is 6.59. The topological polar surface area (TPSA) is 30.5 Å². The predicted octanol–water partition coefficient (Wildman–Crippen LogP) is 3.22. The van der Waals surface area contributed by atoms with Gasteiger partial charge in [0.1, 0.15) is 5.75 Å². The fourth-order valence-electron chi connectivity index (χ4n) is 2.77. The molecule has 106 valence electrons. The summed E-state index contributed by atoms with van der Waals surface area (Å²) < 4.78 is 11.7. The Morgan fingerprint density at radius 1 is 1.42 bits per heavy atom. The summed E-state index contributed by atoms with van der Waals surface area (Å²) >= 11 is 0. The molecule has 19 heavy (non-hydrogen) atoms. The van der Waals surface area contributed by atoms with Gasteiger partial charge in [0.05, 0.1) is 18.8 Å². The van der Waals surface area contributed by atoms with Crippen molar-refractivity contribution in [2.24, 2.45) is 0 Å². The monoisotopic (exact) mass is 263 g/mol. The van der Waals surface area contributed by atoms with Crippen LogP contribution in [0, 0.1) is 6.92 Å². The van der Waals surface area contributed by atoms with Gasteiger partial charge in [-0.2, -0.15) is 0 Å². The van der Waals surface area contributed by atoms with Gasteiger partial charge in [0.15, 0.2) is 0 Å². The first-order chi connectivity index (χ1) is 9.26. The average Bonchev–Trinajstić information content (AvgIpc) is 2.44.